The van der Waals surface area contributed by atoms with Gasteiger partial charge in [0.1, 0.15) is 0 Å². The van der Waals surface area contributed by atoms with Crippen LogP contribution in [-0.4, -0.2) is 23.2 Å². The summed E-state index contributed by atoms with van der Waals surface area (Å²) in [5.41, 5.74) is -0.106. The zero-order valence-electron chi connectivity index (χ0n) is 11.2. The minimum absolute atomic E-state index is 0.106. The van der Waals surface area contributed by atoms with Gasteiger partial charge in [-0.15, -0.1) is 0 Å². The summed E-state index contributed by atoms with van der Waals surface area (Å²) in [5.74, 6) is -0.376. The third kappa shape index (κ3) is 2.35. The zero-order valence-corrected chi connectivity index (χ0v) is 11.2. The van der Waals surface area contributed by atoms with Crippen molar-refractivity contribution >= 4 is 5.97 Å². The first kappa shape index (κ1) is 12.9. The summed E-state index contributed by atoms with van der Waals surface area (Å²) in [4.78, 5) is 11.3. The first-order valence-electron chi connectivity index (χ1n) is 6.91. The molecule has 3 nitrogen and oxygen atoms in total. The molecule has 0 aromatic heterocycles. The van der Waals surface area contributed by atoms with E-state index in [1.165, 1.54) is 19.3 Å². The van der Waals surface area contributed by atoms with Crippen LogP contribution >= 0.6 is 0 Å². The third-order valence-corrected chi connectivity index (χ3v) is 5.29. The van der Waals surface area contributed by atoms with Crippen molar-refractivity contribution < 1.29 is 9.90 Å². The first-order valence-corrected chi connectivity index (χ1v) is 6.91. The van der Waals surface area contributed by atoms with Gasteiger partial charge < -0.3 is 10.4 Å². The SMILES string of the molecule is CC1C(NC2CCC2)CCC(C(=O)O)C1(C)C. The molecular formula is C14H25NO2. The van der Waals surface area contributed by atoms with E-state index in [2.05, 4.69) is 26.1 Å². The maximum absolute atomic E-state index is 11.3. The Balaban J connectivity index is 2.01. The molecule has 2 N–H and O–H groups in total. The van der Waals surface area contributed by atoms with E-state index in [4.69, 9.17) is 0 Å². The number of aliphatic carboxylic acids is 1. The van der Waals surface area contributed by atoms with Crippen LogP contribution in [0.5, 0.6) is 0 Å². The topological polar surface area (TPSA) is 49.3 Å². The summed E-state index contributed by atoms with van der Waals surface area (Å²) >= 11 is 0. The maximum atomic E-state index is 11.3. The number of carbonyl (C=O) groups is 1. The van der Waals surface area contributed by atoms with Gasteiger partial charge in [0.25, 0.3) is 0 Å². The van der Waals surface area contributed by atoms with Crippen molar-refractivity contribution in [3.8, 4) is 0 Å². The normalized spacial score (nSPS) is 37.5. The second kappa shape index (κ2) is 4.60. The number of carboxylic acids is 1. The fourth-order valence-electron chi connectivity index (χ4n) is 3.35. The molecule has 2 saturated carbocycles. The van der Waals surface area contributed by atoms with E-state index < -0.39 is 5.97 Å². The fourth-order valence-corrected chi connectivity index (χ4v) is 3.35. The predicted molar refractivity (Wildman–Crippen MR) is 67.9 cm³/mol. The van der Waals surface area contributed by atoms with Gasteiger partial charge in [0.15, 0.2) is 0 Å². The summed E-state index contributed by atoms with van der Waals surface area (Å²) < 4.78 is 0. The van der Waals surface area contributed by atoms with Gasteiger partial charge in [-0.1, -0.05) is 27.2 Å². The molecule has 3 heteroatoms. The second-order valence-corrected chi connectivity index (χ2v) is 6.48. The molecule has 3 atom stereocenters. The number of rotatable bonds is 3. The van der Waals surface area contributed by atoms with Gasteiger partial charge >= 0.3 is 5.97 Å². The van der Waals surface area contributed by atoms with Gasteiger partial charge in [-0.2, -0.15) is 0 Å². The molecule has 2 rings (SSSR count). The molecule has 0 amide bonds. The Labute approximate surface area is 104 Å². The van der Waals surface area contributed by atoms with E-state index in [0.717, 1.165) is 12.8 Å². The molecule has 2 fully saturated rings. The Kier molecular flexibility index (Phi) is 3.48. The monoisotopic (exact) mass is 239 g/mol. The fraction of sp³-hybridized carbons (Fsp3) is 0.929. The van der Waals surface area contributed by atoms with E-state index in [0.29, 0.717) is 18.0 Å². The lowest BCUT2D eigenvalue weighted by atomic mass is 9.60. The molecule has 2 aliphatic carbocycles. The van der Waals surface area contributed by atoms with Crippen LogP contribution in [0.3, 0.4) is 0 Å². The number of nitrogens with one attached hydrogen (secondary N) is 1. The molecule has 17 heavy (non-hydrogen) atoms. The van der Waals surface area contributed by atoms with Crippen LogP contribution in [0.15, 0.2) is 0 Å². The average Bonchev–Trinajstić information content (AvgIpc) is 2.16. The van der Waals surface area contributed by atoms with Crippen LogP contribution < -0.4 is 5.32 Å². The van der Waals surface area contributed by atoms with Gasteiger partial charge in [-0.05, 0) is 37.0 Å². The van der Waals surface area contributed by atoms with E-state index >= 15 is 0 Å². The first-order chi connectivity index (χ1) is 7.93. The summed E-state index contributed by atoms with van der Waals surface area (Å²) in [6, 6.07) is 1.20. The van der Waals surface area contributed by atoms with Crippen LogP contribution in [0.2, 0.25) is 0 Å². The van der Waals surface area contributed by atoms with Gasteiger partial charge in [0, 0.05) is 12.1 Å². The quantitative estimate of drug-likeness (QED) is 0.796. The van der Waals surface area contributed by atoms with Crippen molar-refractivity contribution in [3.05, 3.63) is 0 Å². The average molecular weight is 239 g/mol. The van der Waals surface area contributed by atoms with Crippen LogP contribution in [-0.2, 0) is 4.79 Å². The maximum Gasteiger partial charge on any atom is 0.307 e. The number of hydrogen-bond donors (Lipinski definition) is 2. The van der Waals surface area contributed by atoms with E-state index in [-0.39, 0.29) is 11.3 Å². The molecule has 3 unspecified atom stereocenters. The minimum atomic E-state index is -0.621. The van der Waals surface area contributed by atoms with Gasteiger partial charge in [-0.25, -0.2) is 0 Å². The second-order valence-electron chi connectivity index (χ2n) is 6.48. The van der Waals surface area contributed by atoms with E-state index in [1.807, 2.05) is 0 Å². The van der Waals surface area contributed by atoms with Crippen molar-refractivity contribution in [1.29, 1.82) is 0 Å². The van der Waals surface area contributed by atoms with Crippen molar-refractivity contribution in [2.24, 2.45) is 17.3 Å². The van der Waals surface area contributed by atoms with Crippen LogP contribution in [0, 0.1) is 17.3 Å². The Bertz CT molecular complexity index is 297. The Morgan fingerprint density at radius 2 is 1.88 bits per heavy atom. The molecule has 0 aromatic rings. The van der Waals surface area contributed by atoms with Gasteiger partial charge in [0.05, 0.1) is 5.92 Å². The molecule has 0 bridgehead atoms. The molecule has 0 heterocycles. The van der Waals surface area contributed by atoms with Crippen LogP contribution in [0.4, 0.5) is 0 Å². The number of hydrogen-bond acceptors (Lipinski definition) is 2. The number of carboxylic acid groups (broad SMARTS) is 1. The third-order valence-electron chi connectivity index (χ3n) is 5.29. The Morgan fingerprint density at radius 3 is 2.35 bits per heavy atom. The highest BCUT2D eigenvalue weighted by Crippen LogP contribution is 2.45. The van der Waals surface area contributed by atoms with Crippen LogP contribution in [0.25, 0.3) is 0 Å². The van der Waals surface area contributed by atoms with E-state index in [9.17, 15) is 9.90 Å². The highest BCUT2D eigenvalue weighted by molar-refractivity contribution is 5.71. The van der Waals surface area contributed by atoms with Crippen molar-refractivity contribution in [3.63, 3.8) is 0 Å². The lowest BCUT2D eigenvalue weighted by Gasteiger charge is -2.48. The van der Waals surface area contributed by atoms with Gasteiger partial charge in [-0.3, -0.25) is 4.79 Å². The summed E-state index contributed by atoms with van der Waals surface area (Å²) in [6.45, 7) is 6.45. The van der Waals surface area contributed by atoms with E-state index in [1.54, 1.807) is 0 Å². The van der Waals surface area contributed by atoms with Gasteiger partial charge in [0.2, 0.25) is 0 Å². The van der Waals surface area contributed by atoms with Crippen molar-refractivity contribution in [1.82, 2.24) is 5.32 Å². The molecule has 0 spiro atoms. The summed E-state index contributed by atoms with van der Waals surface area (Å²) in [7, 11) is 0. The van der Waals surface area contributed by atoms with Crippen molar-refractivity contribution in [2.45, 2.75) is 65.0 Å². The predicted octanol–water partition coefficient (Wildman–Crippen LogP) is 2.65. The lowest BCUT2D eigenvalue weighted by molar-refractivity contribution is -0.150. The van der Waals surface area contributed by atoms with Crippen molar-refractivity contribution in [2.75, 3.05) is 0 Å². The van der Waals surface area contributed by atoms with Crippen LogP contribution in [0.1, 0.15) is 52.9 Å². The molecule has 2 aliphatic rings. The zero-order chi connectivity index (χ0) is 12.6. The molecule has 0 radical (unpaired) electrons. The minimum Gasteiger partial charge on any atom is -0.481 e. The highest BCUT2D eigenvalue weighted by Gasteiger charge is 2.46. The smallest absolute Gasteiger partial charge is 0.307 e. The Morgan fingerprint density at radius 1 is 1.24 bits per heavy atom. The molecular weight excluding hydrogens is 214 g/mol. The Hall–Kier alpha value is -0.570. The standard InChI is InChI=1S/C14H25NO2/c1-9-12(15-10-5-4-6-10)8-7-11(13(16)17)14(9,2)3/h9-12,15H,4-8H2,1-3H3,(H,16,17). The highest BCUT2D eigenvalue weighted by atomic mass is 16.4. The molecule has 0 aromatic carbocycles. The summed E-state index contributed by atoms with van der Waals surface area (Å²) in [6.07, 6.45) is 5.77. The summed E-state index contributed by atoms with van der Waals surface area (Å²) in [5, 5.41) is 13.0. The molecule has 0 aliphatic heterocycles. The molecule has 98 valence electrons. The largest absolute Gasteiger partial charge is 0.481 e. The molecule has 0 saturated heterocycles. The lowest BCUT2D eigenvalue weighted by Crippen LogP contribution is -2.54.